The van der Waals surface area contributed by atoms with Gasteiger partial charge in [-0.3, -0.25) is 9.59 Å². The van der Waals surface area contributed by atoms with Crippen molar-refractivity contribution in [3.05, 3.63) is 27.7 Å². The Morgan fingerprint density at radius 2 is 1.96 bits per heavy atom. The Bertz CT molecular complexity index is 661. The number of benzene rings is 1. The molecule has 25 heavy (non-hydrogen) atoms. The summed E-state index contributed by atoms with van der Waals surface area (Å²) in [6.07, 6.45) is -0.802. The molecule has 0 saturated carbocycles. The number of halogens is 2. The van der Waals surface area contributed by atoms with Crippen molar-refractivity contribution >= 4 is 51.1 Å². The molecule has 7 nitrogen and oxygen atoms in total. The van der Waals surface area contributed by atoms with Crippen LogP contribution in [0, 0.1) is 0 Å². The summed E-state index contributed by atoms with van der Waals surface area (Å²) in [6.45, 7) is 5.10. The molecule has 0 aliphatic heterocycles. The number of primary amides is 1. The van der Waals surface area contributed by atoms with Crippen molar-refractivity contribution in [3.63, 3.8) is 0 Å². The molecule has 0 heterocycles. The zero-order valence-corrected chi connectivity index (χ0v) is 16.5. The highest BCUT2D eigenvalue weighted by Gasteiger charge is 2.25. The number of alkyl carbamates (subject to hydrolysis) is 1. The summed E-state index contributed by atoms with van der Waals surface area (Å²) >= 11 is 9.38. The second-order valence-corrected chi connectivity index (χ2v) is 7.53. The minimum atomic E-state index is -1.00. The molecule has 0 aliphatic carbocycles. The van der Waals surface area contributed by atoms with Crippen molar-refractivity contribution in [2.45, 2.75) is 45.3 Å². The molecule has 4 N–H and O–H groups in total. The third-order valence-electron chi connectivity index (χ3n) is 2.90. The van der Waals surface area contributed by atoms with Crippen molar-refractivity contribution in [2.75, 3.05) is 5.32 Å². The van der Waals surface area contributed by atoms with Gasteiger partial charge in [-0.05, 0) is 55.3 Å². The Balaban J connectivity index is 2.86. The Kier molecular flexibility index (Phi) is 7.69. The molecule has 1 aromatic rings. The van der Waals surface area contributed by atoms with Crippen molar-refractivity contribution < 1.29 is 19.1 Å². The number of hydrogen-bond donors (Lipinski definition) is 3. The lowest BCUT2D eigenvalue weighted by molar-refractivity contribution is -0.119. The number of nitrogens with one attached hydrogen (secondary N) is 2. The van der Waals surface area contributed by atoms with Gasteiger partial charge in [-0.1, -0.05) is 17.7 Å². The third-order valence-corrected chi connectivity index (χ3v) is 4.19. The molecule has 0 fully saturated rings. The standard InChI is InChI=1S/C16H21BrClN3O4/c1-16(2,3)25-15(24)21-11(7-8-12(19)22)14(23)20-10-6-4-5-9(17)13(10)18/h4-6,11H,7-8H2,1-3H3,(H2,19,22)(H,20,23)(H,21,24)/t11-/m0/s1. The van der Waals surface area contributed by atoms with E-state index in [9.17, 15) is 14.4 Å². The fourth-order valence-electron chi connectivity index (χ4n) is 1.83. The van der Waals surface area contributed by atoms with Gasteiger partial charge >= 0.3 is 6.09 Å². The first kappa shape index (κ1) is 21.2. The van der Waals surface area contributed by atoms with Crippen LogP contribution in [0.4, 0.5) is 10.5 Å². The average molecular weight is 435 g/mol. The van der Waals surface area contributed by atoms with Crippen LogP contribution in [0.25, 0.3) is 0 Å². The van der Waals surface area contributed by atoms with Crippen molar-refractivity contribution in [3.8, 4) is 0 Å². The first-order chi connectivity index (χ1) is 11.5. The quantitative estimate of drug-likeness (QED) is 0.638. The van der Waals surface area contributed by atoms with E-state index in [4.69, 9.17) is 22.1 Å². The van der Waals surface area contributed by atoms with Gasteiger partial charge in [-0.25, -0.2) is 4.79 Å². The zero-order chi connectivity index (χ0) is 19.2. The van der Waals surface area contributed by atoms with Gasteiger partial charge in [0.1, 0.15) is 11.6 Å². The number of ether oxygens (including phenoxy) is 1. The van der Waals surface area contributed by atoms with Gasteiger partial charge in [0.25, 0.3) is 0 Å². The van der Waals surface area contributed by atoms with Gasteiger partial charge < -0.3 is 21.1 Å². The molecule has 1 aromatic carbocycles. The van der Waals surface area contributed by atoms with Crippen LogP contribution >= 0.6 is 27.5 Å². The summed E-state index contributed by atoms with van der Waals surface area (Å²) in [4.78, 5) is 35.4. The molecule has 0 saturated heterocycles. The summed E-state index contributed by atoms with van der Waals surface area (Å²) < 4.78 is 5.75. The fraction of sp³-hybridized carbons (Fsp3) is 0.438. The molecular formula is C16H21BrClN3O4. The first-order valence-corrected chi connectivity index (χ1v) is 8.69. The van der Waals surface area contributed by atoms with E-state index >= 15 is 0 Å². The summed E-state index contributed by atoms with van der Waals surface area (Å²) in [6, 6.07) is 4.04. The third kappa shape index (κ3) is 7.74. The van der Waals surface area contributed by atoms with Crippen LogP contribution < -0.4 is 16.4 Å². The molecule has 1 atom stereocenters. The molecule has 0 aliphatic rings. The summed E-state index contributed by atoms with van der Waals surface area (Å²) in [5.41, 5.74) is 4.78. The number of carbonyl (C=O) groups is 3. The summed E-state index contributed by atoms with van der Waals surface area (Å²) in [7, 11) is 0. The highest BCUT2D eigenvalue weighted by atomic mass is 79.9. The van der Waals surface area contributed by atoms with E-state index in [2.05, 4.69) is 26.6 Å². The number of amides is 3. The molecule has 138 valence electrons. The number of nitrogens with two attached hydrogens (primary N) is 1. The highest BCUT2D eigenvalue weighted by Crippen LogP contribution is 2.30. The second-order valence-electron chi connectivity index (χ2n) is 6.29. The molecule has 0 spiro atoms. The molecule has 0 radical (unpaired) electrons. The lowest BCUT2D eigenvalue weighted by Gasteiger charge is -2.23. The van der Waals surface area contributed by atoms with Gasteiger partial charge in [0.15, 0.2) is 0 Å². The van der Waals surface area contributed by atoms with Crippen LogP contribution in [-0.4, -0.2) is 29.6 Å². The van der Waals surface area contributed by atoms with Crippen LogP contribution in [0.3, 0.4) is 0 Å². The van der Waals surface area contributed by atoms with Crippen molar-refractivity contribution in [1.29, 1.82) is 0 Å². The molecular weight excluding hydrogens is 414 g/mol. The lowest BCUT2D eigenvalue weighted by atomic mass is 10.1. The van der Waals surface area contributed by atoms with Crippen molar-refractivity contribution in [2.24, 2.45) is 5.73 Å². The first-order valence-electron chi connectivity index (χ1n) is 7.52. The maximum absolute atomic E-state index is 12.5. The van der Waals surface area contributed by atoms with Crippen LogP contribution in [0.15, 0.2) is 22.7 Å². The van der Waals surface area contributed by atoms with E-state index in [0.717, 1.165) is 0 Å². The Hall–Kier alpha value is -1.80. The van der Waals surface area contributed by atoms with E-state index in [1.807, 2.05) is 0 Å². The summed E-state index contributed by atoms with van der Waals surface area (Å²) in [5.74, 6) is -1.11. The van der Waals surface area contributed by atoms with Gasteiger partial charge in [0.2, 0.25) is 11.8 Å². The monoisotopic (exact) mass is 433 g/mol. The van der Waals surface area contributed by atoms with E-state index < -0.39 is 29.6 Å². The number of rotatable bonds is 6. The molecule has 0 unspecified atom stereocenters. The van der Waals surface area contributed by atoms with Gasteiger partial charge in [-0.15, -0.1) is 0 Å². The number of anilines is 1. The normalized spacial score (nSPS) is 12.2. The predicted molar refractivity (Wildman–Crippen MR) is 99.4 cm³/mol. The smallest absolute Gasteiger partial charge is 0.408 e. The second kappa shape index (κ2) is 9.05. The fourth-order valence-corrected chi connectivity index (χ4v) is 2.36. The van der Waals surface area contributed by atoms with Crippen LogP contribution in [-0.2, 0) is 14.3 Å². The van der Waals surface area contributed by atoms with Crippen LogP contribution in [0.1, 0.15) is 33.6 Å². The maximum atomic E-state index is 12.5. The maximum Gasteiger partial charge on any atom is 0.408 e. The van der Waals surface area contributed by atoms with Gasteiger partial charge in [0.05, 0.1) is 10.7 Å². The molecule has 9 heteroatoms. The zero-order valence-electron chi connectivity index (χ0n) is 14.2. The lowest BCUT2D eigenvalue weighted by Crippen LogP contribution is -2.46. The predicted octanol–water partition coefficient (Wildman–Crippen LogP) is 3.20. The Morgan fingerprint density at radius 1 is 1.32 bits per heavy atom. The van der Waals surface area contributed by atoms with Gasteiger partial charge in [0, 0.05) is 10.9 Å². The minimum Gasteiger partial charge on any atom is -0.444 e. The largest absolute Gasteiger partial charge is 0.444 e. The highest BCUT2D eigenvalue weighted by molar-refractivity contribution is 9.10. The molecule has 3 amide bonds. The Morgan fingerprint density at radius 3 is 2.52 bits per heavy atom. The number of hydrogen-bond acceptors (Lipinski definition) is 4. The SMILES string of the molecule is CC(C)(C)OC(=O)N[C@@H](CCC(N)=O)C(=O)Nc1cccc(Br)c1Cl. The van der Waals surface area contributed by atoms with E-state index in [1.54, 1.807) is 39.0 Å². The minimum absolute atomic E-state index is 0.0338. The van der Waals surface area contributed by atoms with E-state index in [-0.39, 0.29) is 12.8 Å². The molecule has 0 bridgehead atoms. The average Bonchev–Trinajstić information content (AvgIpc) is 2.46. The molecule has 0 aromatic heterocycles. The number of carbonyl (C=O) groups excluding carboxylic acids is 3. The van der Waals surface area contributed by atoms with Crippen molar-refractivity contribution in [1.82, 2.24) is 5.32 Å². The summed E-state index contributed by atoms with van der Waals surface area (Å²) in [5, 5.41) is 5.39. The van der Waals surface area contributed by atoms with Crippen LogP contribution in [0.2, 0.25) is 5.02 Å². The Labute approximate surface area is 159 Å². The van der Waals surface area contributed by atoms with Crippen LogP contribution in [0.5, 0.6) is 0 Å². The topological polar surface area (TPSA) is 111 Å². The van der Waals surface area contributed by atoms with E-state index in [0.29, 0.717) is 15.2 Å². The van der Waals surface area contributed by atoms with E-state index in [1.165, 1.54) is 0 Å². The molecule has 1 rings (SSSR count). The van der Waals surface area contributed by atoms with Gasteiger partial charge in [-0.2, -0.15) is 0 Å².